The molecule has 2 aromatic carbocycles. The second-order valence-electron chi connectivity index (χ2n) is 6.60. The fraction of sp³-hybridized carbons (Fsp3) is 0.364. The summed E-state index contributed by atoms with van der Waals surface area (Å²) in [6.07, 6.45) is 0.805. The van der Waals surface area contributed by atoms with Crippen molar-refractivity contribution in [2.75, 3.05) is 40.9 Å². The number of ether oxygens (including phenoxy) is 2. The number of nitrogens with one attached hydrogen (secondary N) is 2. The van der Waals surface area contributed by atoms with Gasteiger partial charge < -0.3 is 25.0 Å². The van der Waals surface area contributed by atoms with Crippen molar-refractivity contribution in [3.8, 4) is 11.5 Å². The molecular formula is C22H30N4O3. The van der Waals surface area contributed by atoms with Crippen molar-refractivity contribution in [3.63, 3.8) is 0 Å². The van der Waals surface area contributed by atoms with Crippen molar-refractivity contribution in [3.05, 3.63) is 60.2 Å². The first-order valence-corrected chi connectivity index (χ1v) is 9.61. The Hall–Kier alpha value is -3.22. The second-order valence-corrected chi connectivity index (χ2v) is 6.60. The van der Waals surface area contributed by atoms with E-state index < -0.39 is 0 Å². The molecule has 2 aromatic rings. The monoisotopic (exact) mass is 398 g/mol. The van der Waals surface area contributed by atoms with Gasteiger partial charge in [0.15, 0.2) is 5.96 Å². The van der Waals surface area contributed by atoms with Gasteiger partial charge in [0.05, 0.1) is 26.8 Å². The van der Waals surface area contributed by atoms with Crippen LogP contribution in [0.1, 0.15) is 12.0 Å². The minimum Gasteiger partial charge on any atom is -0.497 e. The van der Waals surface area contributed by atoms with E-state index in [4.69, 9.17) is 9.47 Å². The van der Waals surface area contributed by atoms with E-state index in [1.54, 1.807) is 26.1 Å². The molecule has 2 N–H and O–H groups in total. The first kappa shape index (κ1) is 22.1. The van der Waals surface area contributed by atoms with E-state index in [1.807, 2.05) is 54.6 Å². The summed E-state index contributed by atoms with van der Waals surface area (Å²) >= 11 is 0. The summed E-state index contributed by atoms with van der Waals surface area (Å²) in [7, 11) is 5.10. The fourth-order valence-electron chi connectivity index (χ4n) is 2.38. The molecule has 0 bridgehead atoms. The summed E-state index contributed by atoms with van der Waals surface area (Å²) in [5.74, 6) is 2.24. The summed E-state index contributed by atoms with van der Waals surface area (Å²) in [5, 5.41) is 6.34. The number of rotatable bonds is 10. The molecule has 0 unspecified atom stereocenters. The van der Waals surface area contributed by atoms with E-state index >= 15 is 0 Å². The van der Waals surface area contributed by atoms with Crippen LogP contribution < -0.4 is 20.1 Å². The van der Waals surface area contributed by atoms with Gasteiger partial charge in [-0.05, 0) is 36.2 Å². The molecular weight excluding hydrogens is 368 g/mol. The van der Waals surface area contributed by atoms with Crippen molar-refractivity contribution < 1.29 is 14.3 Å². The molecule has 0 atom stereocenters. The van der Waals surface area contributed by atoms with Gasteiger partial charge in [-0.3, -0.25) is 4.79 Å². The Kier molecular flexibility index (Phi) is 9.35. The highest BCUT2D eigenvalue weighted by Gasteiger charge is 2.06. The molecule has 7 heteroatoms. The number of para-hydroxylation sites is 1. The largest absolute Gasteiger partial charge is 0.497 e. The smallest absolute Gasteiger partial charge is 0.241 e. The number of benzene rings is 2. The number of guanidine groups is 1. The Balaban J connectivity index is 1.84. The molecule has 1 amide bonds. The molecule has 0 aliphatic carbocycles. The zero-order valence-corrected chi connectivity index (χ0v) is 17.4. The molecule has 0 spiro atoms. The Morgan fingerprint density at radius 2 is 1.72 bits per heavy atom. The van der Waals surface area contributed by atoms with Gasteiger partial charge in [0.25, 0.3) is 0 Å². The summed E-state index contributed by atoms with van der Waals surface area (Å²) < 4.78 is 10.9. The van der Waals surface area contributed by atoms with Crippen molar-refractivity contribution in [2.24, 2.45) is 4.99 Å². The highest BCUT2D eigenvalue weighted by molar-refractivity contribution is 5.86. The molecule has 0 aromatic heterocycles. The average molecular weight is 399 g/mol. The Bertz CT molecular complexity index is 761. The quantitative estimate of drug-likeness (QED) is 0.365. The number of methoxy groups -OCH3 is 1. The molecule has 0 fully saturated rings. The molecule has 0 aliphatic heterocycles. The van der Waals surface area contributed by atoms with Gasteiger partial charge in [0.1, 0.15) is 11.5 Å². The lowest BCUT2D eigenvalue weighted by Crippen LogP contribution is -2.43. The van der Waals surface area contributed by atoms with Gasteiger partial charge in [-0.15, -0.1) is 0 Å². The van der Waals surface area contributed by atoms with Crippen molar-refractivity contribution in [1.82, 2.24) is 15.5 Å². The number of hydrogen-bond donors (Lipinski definition) is 2. The second kappa shape index (κ2) is 12.3. The summed E-state index contributed by atoms with van der Waals surface area (Å²) in [4.78, 5) is 18.0. The normalized spacial score (nSPS) is 10.9. The Morgan fingerprint density at radius 1 is 1.00 bits per heavy atom. The maximum atomic E-state index is 11.9. The van der Waals surface area contributed by atoms with E-state index in [1.165, 1.54) is 0 Å². The standard InChI is InChI=1S/C22H30N4O3/c1-26(2)21(27)17-25-22(24-16-18-10-12-19(28-3)13-11-18)23-14-7-15-29-20-8-5-4-6-9-20/h4-6,8-13H,7,14-17H2,1-3H3,(H2,23,24,25). The minimum absolute atomic E-state index is 0.0173. The van der Waals surface area contributed by atoms with Crippen LogP contribution in [0.4, 0.5) is 0 Å². The van der Waals surface area contributed by atoms with Gasteiger partial charge >= 0.3 is 0 Å². The lowest BCUT2D eigenvalue weighted by atomic mass is 10.2. The van der Waals surface area contributed by atoms with E-state index in [2.05, 4.69) is 15.6 Å². The van der Waals surface area contributed by atoms with E-state index in [9.17, 15) is 4.79 Å². The zero-order valence-electron chi connectivity index (χ0n) is 17.4. The highest BCUT2D eigenvalue weighted by atomic mass is 16.5. The zero-order chi connectivity index (χ0) is 20.9. The maximum absolute atomic E-state index is 11.9. The topological polar surface area (TPSA) is 75.2 Å². The fourth-order valence-corrected chi connectivity index (χ4v) is 2.38. The number of likely N-dealkylation sites (N-methyl/N-ethyl adjacent to an activating group) is 1. The molecule has 2 rings (SSSR count). The maximum Gasteiger partial charge on any atom is 0.241 e. The lowest BCUT2D eigenvalue weighted by Gasteiger charge is -2.15. The third-order valence-electron chi connectivity index (χ3n) is 4.11. The molecule has 0 saturated heterocycles. The van der Waals surface area contributed by atoms with Crippen molar-refractivity contribution >= 4 is 11.9 Å². The van der Waals surface area contributed by atoms with Crippen LogP contribution >= 0.6 is 0 Å². The Morgan fingerprint density at radius 3 is 2.38 bits per heavy atom. The molecule has 156 valence electrons. The summed E-state index contributed by atoms with van der Waals surface area (Å²) in [6.45, 7) is 1.95. The number of aliphatic imine (C=N–C) groups is 1. The van der Waals surface area contributed by atoms with Crippen LogP contribution in [0.3, 0.4) is 0 Å². The summed E-state index contributed by atoms with van der Waals surface area (Å²) in [6, 6.07) is 17.5. The van der Waals surface area contributed by atoms with Crippen LogP contribution in [0.15, 0.2) is 59.6 Å². The van der Waals surface area contributed by atoms with Crippen molar-refractivity contribution in [2.45, 2.75) is 13.0 Å². The lowest BCUT2D eigenvalue weighted by molar-refractivity contribution is -0.127. The molecule has 0 radical (unpaired) electrons. The molecule has 29 heavy (non-hydrogen) atoms. The molecule has 0 saturated carbocycles. The van der Waals surface area contributed by atoms with E-state index in [0.717, 1.165) is 23.5 Å². The third kappa shape index (κ3) is 8.55. The van der Waals surface area contributed by atoms with Gasteiger partial charge in [0, 0.05) is 20.6 Å². The van der Waals surface area contributed by atoms with Gasteiger partial charge in [-0.2, -0.15) is 0 Å². The van der Waals surface area contributed by atoms with E-state index in [0.29, 0.717) is 25.7 Å². The number of amides is 1. The van der Waals surface area contributed by atoms with Crippen LogP contribution in [-0.2, 0) is 11.3 Å². The Labute approximate surface area is 172 Å². The number of carbonyl (C=O) groups excluding carboxylic acids is 1. The first-order chi connectivity index (χ1) is 14.1. The number of hydrogen-bond acceptors (Lipinski definition) is 4. The summed E-state index contributed by atoms with van der Waals surface area (Å²) in [5.41, 5.74) is 1.05. The van der Waals surface area contributed by atoms with E-state index in [-0.39, 0.29) is 12.5 Å². The van der Waals surface area contributed by atoms with Crippen LogP contribution in [-0.4, -0.2) is 57.7 Å². The van der Waals surface area contributed by atoms with Crippen LogP contribution in [0.2, 0.25) is 0 Å². The molecule has 7 nitrogen and oxygen atoms in total. The van der Waals surface area contributed by atoms with Gasteiger partial charge in [-0.25, -0.2) is 4.99 Å². The van der Waals surface area contributed by atoms with Crippen LogP contribution in [0, 0.1) is 0 Å². The van der Waals surface area contributed by atoms with Crippen molar-refractivity contribution in [1.29, 1.82) is 0 Å². The predicted octanol–water partition coefficient (Wildman–Crippen LogP) is 2.29. The van der Waals surface area contributed by atoms with Crippen LogP contribution in [0.5, 0.6) is 11.5 Å². The van der Waals surface area contributed by atoms with Gasteiger partial charge in [-0.1, -0.05) is 30.3 Å². The minimum atomic E-state index is -0.0173. The van der Waals surface area contributed by atoms with Crippen LogP contribution in [0.25, 0.3) is 0 Å². The number of nitrogens with zero attached hydrogens (tertiary/aromatic N) is 2. The van der Waals surface area contributed by atoms with Gasteiger partial charge in [0.2, 0.25) is 5.91 Å². The number of carbonyl (C=O) groups is 1. The third-order valence-corrected chi connectivity index (χ3v) is 4.11. The molecule has 0 heterocycles. The average Bonchev–Trinajstić information content (AvgIpc) is 2.75. The molecule has 0 aliphatic rings. The highest BCUT2D eigenvalue weighted by Crippen LogP contribution is 2.12. The SMILES string of the molecule is COc1ccc(CN=C(NCCCOc2ccccc2)NCC(=O)N(C)C)cc1. The first-order valence-electron chi connectivity index (χ1n) is 9.61. The predicted molar refractivity (Wildman–Crippen MR) is 115 cm³/mol.